The quantitative estimate of drug-likeness (QED) is 0.685. The Hall–Kier alpha value is -2.24. The maximum atomic E-state index is 12.3. The molecule has 1 aromatic rings. The second kappa shape index (κ2) is 9.80. The van der Waals surface area contributed by atoms with Crippen LogP contribution < -0.4 is 14.8 Å². The number of ether oxygens (including phenoxy) is 2. The van der Waals surface area contributed by atoms with E-state index in [2.05, 4.69) is 5.32 Å². The summed E-state index contributed by atoms with van der Waals surface area (Å²) in [5.41, 5.74) is 0.927. The number of carboxylic acid groups (broad SMARTS) is 1. The summed E-state index contributed by atoms with van der Waals surface area (Å²) < 4.78 is 10.4. The molecule has 6 heteroatoms. The van der Waals surface area contributed by atoms with Crippen molar-refractivity contribution in [2.75, 3.05) is 14.2 Å². The van der Waals surface area contributed by atoms with E-state index in [4.69, 9.17) is 9.47 Å². The lowest BCUT2D eigenvalue weighted by Crippen LogP contribution is -2.43. The Balaban J connectivity index is 2.70. The summed E-state index contributed by atoms with van der Waals surface area (Å²) in [5.74, 6) is -0.354. The topological polar surface area (TPSA) is 84.9 Å². The van der Waals surface area contributed by atoms with Gasteiger partial charge in [-0.1, -0.05) is 32.8 Å². The number of hydrogen-bond donors (Lipinski definition) is 2. The van der Waals surface area contributed by atoms with Crippen LogP contribution in [0.5, 0.6) is 11.5 Å². The van der Waals surface area contributed by atoms with Gasteiger partial charge in [0.05, 0.1) is 14.2 Å². The molecule has 1 aromatic carbocycles. The number of rotatable bonds is 10. The molecule has 0 radical (unpaired) electrons. The second-order valence-corrected chi connectivity index (χ2v) is 5.84. The summed E-state index contributed by atoms with van der Waals surface area (Å²) in [4.78, 5) is 23.5. The number of aliphatic carboxylic acids is 1. The molecule has 1 unspecified atom stereocenters. The van der Waals surface area contributed by atoms with Crippen molar-refractivity contribution in [1.82, 2.24) is 5.32 Å². The van der Waals surface area contributed by atoms with Crippen LogP contribution in [0.25, 0.3) is 0 Å². The number of carbonyl (C=O) groups is 2. The van der Waals surface area contributed by atoms with Crippen molar-refractivity contribution < 1.29 is 24.2 Å². The first-order valence-corrected chi connectivity index (χ1v) is 8.17. The molecule has 0 bridgehead atoms. The van der Waals surface area contributed by atoms with Crippen LogP contribution >= 0.6 is 0 Å². The molecular formula is C18H27NO5. The summed E-state index contributed by atoms with van der Waals surface area (Å²) in [6.07, 6.45) is 2.59. The largest absolute Gasteiger partial charge is 0.493 e. The molecule has 0 heterocycles. The molecule has 2 N–H and O–H groups in total. The van der Waals surface area contributed by atoms with Gasteiger partial charge >= 0.3 is 5.97 Å². The van der Waals surface area contributed by atoms with Gasteiger partial charge in [0.15, 0.2) is 11.5 Å². The van der Waals surface area contributed by atoms with Gasteiger partial charge in [-0.25, -0.2) is 4.79 Å². The molecular weight excluding hydrogens is 310 g/mol. The third-order valence-corrected chi connectivity index (χ3v) is 3.90. The fourth-order valence-corrected chi connectivity index (χ4v) is 2.43. The zero-order valence-corrected chi connectivity index (χ0v) is 14.8. The lowest BCUT2D eigenvalue weighted by atomic mass is 9.99. The van der Waals surface area contributed by atoms with Gasteiger partial charge in [0, 0.05) is 5.92 Å². The first kappa shape index (κ1) is 19.8. The van der Waals surface area contributed by atoms with Crippen LogP contribution in [0.1, 0.15) is 38.7 Å². The minimum atomic E-state index is -0.991. The molecule has 2 atom stereocenters. The van der Waals surface area contributed by atoms with Crippen molar-refractivity contribution in [3.05, 3.63) is 23.8 Å². The van der Waals surface area contributed by atoms with Crippen LogP contribution in [0.2, 0.25) is 0 Å². The molecule has 0 aromatic heterocycles. The van der Waals surface area contributed by atoms with Gasteiger partial charge in [-0.3, -0.25) is 4.79 Å². The Labute approximate surface area is 143 Å². The van der Waals surface area contributed by atoms with Gasteiger partial charge in [-0.05, 0) is 30.5 Å². The first-order valence-electron chi connectivity index (χ1n) is 8.17. The van der Waals surface area contributed by atoms with Crippen molar-refractivity contribution in [3.63, 3.8) is 0 Å². The Bertz CT molecular complexity index is 558. The summed E-state index contributed by atoms with van der Waals surface area (Å²) in [5, 5.41) is 11.8. The average molecular weight is 337 g/mol. The Morgan fingerprint density at radius 2 is 1.88 bits per heavy atom. The van der Waals surface area contributed by atoms with Gasteiger partial charge < -0.3 is 19.9 Å². The smallest absolute Gasteiger partial charge is 0.326 e. The van der Waals surface area contributed by atoms with Crippen LogP contribution in [0.3, 0.4) is 0 Å². The van der Waals surface area contributed by atoms with E-state index in [1.807, 2.05) is 19.1 Å². The predicted molar refractivity (Wildman–Crippen MR) is 91.5 cm³/mol. The number of nitrogens with one attached hydrogen (secondary N) is 1. The maximum Gasteiger partial charge on any atom is 0.326 e. The van der Waals surface area contributed by atoms with Gasteiger partial charge in [0.1, 0.15) is 6.04 Å². The van der Waals surface area contributed by atoms with E-state index in [9.17, 15) is 14.7 Å². The zero-order valence-electron chi connectivity index (χ0n) is 14.8. The summed E-state index contributed by atoms with van der Waals surface area (Å²) in [6, 6.07) is 4.66. The van der Waals surface area contributed by atoms with Gasteiger partial charge in [-0.2, -0.15) is 0 Å². The average Bonchev–Trinajstić information content (AvgIpc) is 2.57. The molecule has 24 heavy (non-hydrogen) atoms. The van der Waals surface area contributed by atoms with E-state index in [1.165, 1.54) is 0 Å². The lowest BCUT2D eigenvalue weighted by molar-refractivity contribution is -0.142. The Morgan fingerprint density at radius 3 is 2.42 bits per heavy atom. The molecule has 0 aliphatic carbocycles. The van der Waals surface area contributed by atoms with Crippen LogP contribution in [-0.2, 0) is 16.0 Å². The highest BCUT2D eigenvalue weighted by molar-refractivity contribution is 5.84. The van der Waals surface area contributed by atoms with E-state index in [1.54, 1.807) is 27.2 Å². The van der Waals surface area contributed by atoms with Crippen molar-refractivity contribution in [3.8, 4) is 11.5 Å². The number of unbranched alkanes of at least 4 members (excludes halogenated alkanes) is 1. The molecule has 1 amide bonds. The van der Waals surface area contributed by atoms with Crippen molar-refractivity contribution in [2.24, 2.45) is 5.92 Å². The summed E-state index contributed by atoms with van der Waals surface area (Å²) in [6.45, 7) is 3.77. The van der Waals surface area contributed by atoms with Crippen molar-refractivity contribution in [1.29, 1.82) is 0 Å². The van der Waals surface area contributed by atoms with Crippen LogP contribution in [-0.4, -0.2) is 37.2 Å². The third-order valence-electron chi connectivity index (χ3n) is 3.90. The fraction of sp³-hybridized carbons (Fsp3) is 0.556. The van der Waals surface area contributed by atoms with Gasteiger partial charge in [0.2, 0.25) is 5.91 Å². The van der Waals surface area contributed by atoms with E-state index in [-0.39, 0.29) is 11.8 Å². The second-order valence-electron chi connectivity index (χ2n) is 5.84. The highest BCUT2D eigenvalue weighted by Gasteiger charge is 2.22. The number of carboxylic acids is 1. The van der Waals surface area contributed by atoms with Gasteiger partial charge in [-0.15, -0.1) is 0 Å². The minimum absolute atomic E-state index is 0.256. The highest BCUT2D eigenvalue weighted by Crippen LogP contribution is 2.28. The standard InChI is InChI=1S/C18H27NO5/c1-5-6-7-14(18(21)22)19-17(20)12(2)10-13-8-9-15(23-3)16(11-13)24-4/h8-9,11-12,14H,5-7,10H2,1-4H3,(H,19,20)(H,21,22)/t12?,14-/m0/s1. The number of methoxy groups -OCH3 is 2. The van der Waals surface area contributed by atoms with E-state index < -0.39 is 12.0 Å². The normalized spacial score (nSPS) is 13.0. The monoisotopic (exact) mass is 337 g/mol. The van der Waals surface area contributed by atoms with E-state index >= 15 is 0 Å². The van der Waals surface area contributed by atoms with E-state index in [0.717, 1.165) is 18.4 Å². The number of hydrogen-bond acceptors (Lipinski definition) is 4. The zero-order chi connectivity index (χ0) is 18.1. The van der Waals surface area contributed by atoms with Crippen molar-refractivity contribution >= 4 is 11.9 Å². The molecule has 0 saturated heterocycles. The number of benzene rings is 1. The summed E-state index contributed by atoms with van der Waals surface area (Å²) >= 11 is 0. The lowest BCUT2D eigenvalue weighted by Gasteiger charge is -2.18. The fourth-order valence-electron chi connectivity index (χ4n) is 2.43. The third kappa shape index (κ3) is 5.76. The predicted octanol–water partition coefficient (Wildman–Crippen LogP) is 2.64. The summed E-state index contributed by atoms with van der Waals surface area (Å²) in [7, 11) is 3.12. The van der Waals surface area contributed by atoms with Crippen LogP contribution in [0.15, 0.2) is 18.2 Å². The molecule has 134 valence electrons. The van der Waals surface area contributed by atoms with Crippen molar-refractivity contribution in [2.45, 2.75) is 45.6 Å². The molecule has 6 nitrogen and oxygen atoms in total. The molecule has 1 rings (SSSR count). The maximum absolute atomic E-state index is 12.3. The Kier molecular flexibility index (Phi) is 8.09. The number of carbonyl (C=O) groups excluding carboxylic acids is 1. The molecule has 0 saturated carbocycles. The SMILES string of the molecule is CCCC[C@H](NC(=O)C(C)Cc1ccc(OC)c(OC)c1)C(=O)O. The van der Waals surface area contributed by atoms with Crippen LogP contribution in [0.4, 0.5) is 0 Å². The van der Waals surface area contributed by atoms with Crippen LogP contribution in [0, 0.1) is 5.92 Å². The Morgan fingerprint density at radius 1 is 1.21 bits per heavy atom. The first-order chi connectivity index (χ1) is 11.4. The molecule has 0 aliphatic rings. The van der Waals surface area contributed by atoms with Gasteiger partial charge in [0.25, 0.3) is 0 Å². The molecule has 0 aliphatic heterocycles. The van der Waals surface area contributed by atoms with E-state index in [0.29, 0.717) is 24.3 Å². The molecule has 0 spiro atoms. The highest BCUT2D eigenvalue weighted by atomic mass is 16.5. The minimum Gasteiger partial charge on any atom is -0.493 e. The molecule has 0 fully saturated rings. The number of amides is 1.